The number of hydrogen-bond donors (Lipinski definition) is 1. The molecule has 0 aliphatic carbocycles. The third-order valence-corrected chi connectivity index (χ3v) is 4.76. The summed E-state index contributed by atoms with van der Waals surface area (Å²) in [5, 5.41) is 4.05. The number of halogens is 1. The fourth-order valence-corrected chi connectivity index (χ4v) is 3.91. The number of thioether (sulfide) groups is 1. The van der Waals surface area contributed by atoms with Gasteiger partial charge in [-0.2, -0.15) is 11.8 Å². The third-order valence-electron chi connectivity index (χ3n) is 2.76. The molecule has 0 aromatic heterocycles. The monoisotopic (exact) mass is 271 g/mol. The second-order valence-corrected chi connectivity index (χ2v) is 5.81. The van der Waals surface area contributed by atoms with Crippen LogP contribution in [0.4, 0.5) is 0 Å². The lowest BCUT2D eigenvalue weighted by Crippen LogP contribution is -2.29. The van der Waals surface area contributed by atoms with Crippen LogP contribution in [0.3, 0.4) is 0 Å². The molecule has 2 rings (SSSR count). The van der Waals surface area contributed by atoms with Crippen LogP contribution in [0.1, 0.15) is 24.1 Å². The Labute approximate surface area is 97.8 Å². The van der Waals surface area contributed by atoms with E-state index in [1.807, 2.05) is 18.8 Å². The summed E-state index contributed by atoms with van der Waals surface area (Å²) >= 11 is 5.63. The molecule has 1 nitrogen and oxygen atoms in total. The molecule has 0 spiro atoms. The van der Waals surface area contributed by atoms with Gasteiger partial charge in [-0.05, 0) is 24.2 Å². The van der Waals surface area contributed by atoms with Crippen LogP contribution in [0, 0.1) is 0 Å². The molecule has 14 heavy (non-hydrogen) atoms. The van der Waals surface area contributed by atoms with Gasteiger partial charge in [0.2, 0.25) is 0 Å². The number of nitrogens with one attached hydrogen (secondary N) is 1. The first-order chi connectivity index (χ1) is 6.74. The van der Waals surface area contributed by atoms with Gasteiger partial charge in [-0.3, -0.25) is 0 Å². The zero-order chi connectivity index (χ0) is 10.1. The van der Waals surface area contributed by atoms with Crippen LogP contribution in [0.15, 0.2) is 22.7 Å². The molecule has 2 unspecified atom stereocenters. The summed E-state index contributed by atoms with van der Waals surface area (Å²) < 4.78 is 1.25. The maximum atomic E-state index is 3.62. The van der Waals surface area contributed by atoms with Crippen molar-refractivity contribution in [2.24, 2.45) is 0 Å². The summed E-state index contributed by atoms with van der Waals surface area (Å²) in [7, 11) is 2.04. The molecule has 0 saturated heterocycles. The Bertz CT molecular complexity index is 340. The van der Waals surface area contributed by atoms with E-state index in [2.05, 4.69) is 46.4 Å². The molecule has 1 aromatic carbocycles. The van der Waals surface area contributed by atoms with Gasteiger partial charge in [0.1, 0.15) is 0 Å². The van der Waals surface area contributed by atoms with Crippen molar-refractivity contribution in [1.29, 1.82) is 0 Å². The predicted molar refractivity (Wildman–Crippen MR) is 66.7 cm³/mol. The van der Waals surface area contributed by atoms with Gasteiger partial charge in [0.25, 0.3) is 0 Å². The van der Waals surface area contributed by atoms with Crippen molar-refractivity contribution in [2.45, 2.75) is 24.0 Å². The van der Waals surface area contributed by atoms with Crippen molar-refractivity contribution in [3.63, 3.8) is 0 Å². The molecule has 0 saturated carbocycles. The highest BCUT2D eigenvalue weighted by atomic mass is 79.9. The first-order valence-corrected chi connectivity index (χ1v) is 6.64. The van der Waals surface area contributed by atoms with E-state index in [1.54, 1.807) is 0 Å². The molecule has 0 radical (unpaired) electrons. The SMILES string of the molecule is CNC1c2cccc(Br)c2CSC1C. The smallest absolute Gasteiger partial charge is 0.0439 e. The Balaban J connectivity index is 2.46. The molecule has 1 N–H and O–H groups in total. The van der Waals surface area contributed by atoms with Crippen molar-refractivity contribution in [1.82, 2.24) is 5.32 Å². The van der Waals surface area contributed by atoms with Crippen LogP contribution in [0.2, 0.25) is 0 Å². The van der Waals surface area contributed by atoms with Gasteiger partial charge in [0, 0.05) is 21.5 Å². The minimum atomic E-state index is 0.487. The minimum Gasteiger partial charge on any atom is -0.312 e. The van der Waals surface area contributed by atoms with Gasteiger partial charge in [0.15, 0.2) is 0 Å². The highest BCUT2D eigenvalue weighted by Gasteiger charge is 2.26. The molecule has 1 aromatic rings. The van der Waals surface area contributed by atoms with Crippen molar-refractivity contribution in [3.05, 3.63) is 33.8 Å². The average molecular weight is 272 g/mol. The lowest BCUT2D eigenvalue weighted by molar-refractivity contribution is 0.578. The van der Waals surface area contributed by atoms with E-state index >= 15 is 0 Å². The zero-order valence-corrected chi connectivity index (χ0v) is 10.8. The molecule has 76 valence electrons. The fraction of sp³-hybridized carbons (Fsp3) is 0.455. The number of hydrogen-bond acceptors (Lipinski definition) is 2. The minimum absolute atomic E-state index is 0.487. The molecule has 1 aliphatic rings. The normalized spacial score (nSPS) is 25.9. The Morgan fingerprint density at radius 1 is 1.50 bits per heavy atom. The van der Waals surface area contributed by atoms with E-state index in [9.17, 15) is 0 Å². The summed E-state index contributed by atoms with van der Waals surface area (Å²) in [6, 6.07) is 6.97. The first-order valence-electron chi connectivity index (χ1n) is 4.80. The molecule has 0 fully saturated rings. The van der Waals surface area contributed by atoms with Crippen molar-refractivity contribution in [3.8, 4) is 0 Å². The molecule has 3 heteroatoms. The van der Waals surface area contributed by atoms with Crippen LogP contribution in [-0.2, 0) is 5.75 Å². The predicted octanol–water partition coefficient (Wildman–Crippen LogP) is 3.34. The number of fused-ring (bicyclic) bond motifs is 1. The van der Waals surface area contributed by atoms with E-state index in [0.717, 1.165) is 5.75 Å². The summed E-state index contributed by atoms with van der Waals surface area (Å²) in [6.07, 6.45) is 0. The van der Waals surface area contributed by atoms with Gasteiger partial charge >= 0.3 is 0 Å². The first kappa shape index (κ1) is 10.5. The van der Waals surface area contributed by atoms with Crippen LogP contribution >= 0.6 is 27.7 Å². The van der Waals surface area contributed by atoms with Crippen LogP contribution in [-0.4, -0.2) is 12.3 Å². The largest absolute Gasteiger partial charge is 0.312 e. The summed E-state index contributed by atoms with van der Waals surface area (Å²) in [5.41, 5.74) is 2.91. The number of benzene rings is 1. The third kappa shape index (κ3) is 1.73. The van der Waals surface area contributed by atoms with E-state index in [0.29, 0.717) is 11.3 Å². The quantitative estimate of drug-likeness (QED) is 0.841. The highest BCUT2D eigenvalue weighted by molar-refractivity contribution is 9.10. The Morgan fingerprint density at radius 2 is 2.29 bits per heavy atom. The van der Waals surface area contributed by atoms with Crippen LogP contribution in [0.25, 0.3) is 0 Å². The van der Waals surface area contributed by atoms with Gasteiger partial charge in [-0.25, -0.2) is 0 Å². The van der Waals surface area contributed by atoms with E-state index < -0.39 is 0 Å². The van der Waals surface area contributed by atoms with Gasteiger partial charge in [0.05, 0.1) is 0 Å². The lowest BCUT2D eigenvalue weighted by atomic mass is 9.98. The average Bonchev–Trinajstić information content (AvgIpc) is 2.18. The molecule has 0 bridgehead atoms. The van der Waals surface area contributed by atoms with Crippen molar-refractivity contribution < 1.29 is 0 Å². The fourth-order valence-electron chi connectivity index (χ4n) is 1.97. The Morgan fingerprint density at radius 3 is 3.00 bits per heavy atom. The van der Waals surface area contributed by atoms with E-state index in [4.69, 9.17) is 0 Å². The topological polar surface area (TPSA) is 12.0 Å². The highest BCUT2D eigenvalue weighted by Crippen LogP contribution is 2.39. The molecular formula is C11H14BrNS. The number of rotatable bonds is 1. The molecular weight excluding hydrogens is 258 g/mol. The van der Waals surface area contributed by atoms with Crippen molar-refractivity contribution >= 4 is 27.7 Å². The summed E-state index contributed by atoms with van der Waals surface area (Å²) in [4.78, 5) is 0. The van der Waals surface area contributed by atoms with Crippen LogP contribution < -0.4 is 5.32 Å². The Hall–Kier alpha value is 0.01000. The Kier molecular flexibility index (Phi) is 3.20. The standard InChI is InChI=1S/C11H14BrNS/c1-7-11(13-2)8-4-3-5-10(12)9(8)6-14-7/h3-5,7,11,13H,6H2,1-2H3. The molecule has 1 heterocycles. The molecule has 2 atom stereocenters. The maximum absolute atomic E-state index is 3.62. The van der Waals surface area contributed by atoms with Crippen molar-refractivity contribution in [2.75, 3.05) is 7.05 Å². The zero-order valence-electron chi connectivity index (χ0n) is 8.38. The van der Waals surface area contributed by atoms with Gasteiger partial charge < -0.3 is 5.32 Å². The van der Waals surface area contributed by atoms with Gasteiger partial charge in [-0.15, -0.1) is 0 Å². The summed E-state index contributed by atoms with van der Waals surface area (Å²) in [6.45, 7) is 2.29. The maximum Gasteiger partial charge on any atom is 0.0439 e. The summed E-state index contributed by atoms with van der Waals surface area (Å²) in [5.74, 6) is 1.12. The van der Waals surface area contributed by atoms with E-state index in [1.165, 1.54) is 15.6 Å². The second-order valence-electron chi connectivity index (χ2n) is 3.59. The molecule has 0 amide bonds. The van der Waals surface area contributed by atoms with Gasteiger partial charge in [-0.1, -0.05) is 35.0 Å². The lowest BCUT2D eigenvalue weighted by Gasteiger charge is -2.31. The van der Waals surface area contributed by atoms with E-state index in [-0.39, 0.29) is 0 Å². The second kappa shape index (κ2) is 4.25. The molecule has 1 aliphatic heterocycles. The van der Waals surface area contributed by atoms with Crippen LogP contribution in [0.5, 0.6) is 0 Å².